The van der Waals surface area contributed by atoms with Crippen LogP contribution in [-0.4, -0.2) is 41.5 Å². The second-order valence-electron chi connectivity index (χ2n) is 9.22. The number of hydrogen-bond donors (Lipinski definition) is 2. The number of aromatic amines is 1. The third kappa shape index (κ3) is 4.05. The number of nitrogens with two attached hydrogens (primary N) is 1. The first-order chi connectivity index (χ1) is 15.5. The second-order valence-corrected chi connectivity index (χ2v) is 9.22. The monoisotopic (exact) mass is 435 g/mol. The largest absolute Gasteiger partial charge is 0.373 e. The number of likely N-dealkylation sites (tertiary alicyclic amines) is 1. The minimum atomic E-state index is -0.382. The Morgan fingerprint density at radius 1 is 1.25 bits per heavy atom. The van der Waals surface area contributed by atoms with Gasteiger partial charge in [0.15, 0.2) is 0 Å². The molecule has 3 aromatic rings. The fourth-order valence-corrected chi connectivity index (χ4v) is 5.51. The maximum Gasteiger partial charge on any atom is 0.248 e. The Labute approximate surface area is 187 Å². The molecule has 168 valence electrons. The zero-order valence-electron chi connectivity index (χ0n) is 18.4. The standard InChI is InChI=1S/C26H30FN3O2/c1-16-12-17(23-15-29-24-14-20(27)3-5-22(23)24)6-9-30(16)10-7-25-21-4-2-19(26(28)31)13-18(21)8-11-32-25/h2-5,13-17,25,29H,6-12H2,1H3,(H2,28,31)/t16-,17+,25?/m0/s1. The normalized spacial score (nSPS) is 23.9. The van der Waals surface area contributed by atoms with Gasteiger partial charge in [-0.1, -0.05) is 6.07 Å². The molecule has 1 fully saturated rings. The van der Waals surface area contributed by atoms with Crippen molar-refractivity contribution >= 4 is 16.8 Å². The number of primary amides is 1. The average molecular weight is 436 g/mol. The molecule has 6 heteroatoms. The van der Waals surface area contributed by atoms with Gasteiger partial charge in [0.1, 0.15) is 5.82 Å². The molecule has 0 aliphatic carbocycles. The van der Waals surface area contributed by atoms with E-state index in [9.17, 15) is 9.18 Å². The number of halogens is 1. The van der Waals surface area contributed by atoms with Crippen LogP contribution >= 0.6 is 0 Å². The van der Waals surface area contributed by atoms with Crippen LogP contribution in [0, 0.1) is 5.82 Å². The van der Waals surface area contributed by atoms with E-state index in [1.165, 1.54) is 16.7 Å². The summed E-state index contributed by atoms with van der Waals surface area (Å²) in [6.07, 6.45) is 6.07. The fraction of sp³-hybridized carbons (Fsp3) is 0.423. The Morgan fingerprint density at radius 3 is 2.94 bits per heavy atom. The van der Waals surface area contributed by atoms with Crippen LogP contribution in [0.2, 0.25) is 0 Å². The van der Waals surface area contributed by atoms with Crippen LogP contribution in [0.15, 0.2) is 42.6 Å². The van der Waals surface area contributed by atoms with Gasteiger partial charge in [0, 0.05) is 35.2 Å². The number of nitrogens with zero attached hydrogens (tertiary/aromatic N) is 1. The lowest BCUT2D eigenvalue weighted by Crippen LogP contribution is -2.41. The van der Waals surface area contributed by atoms with Crippen LogP contribution in [0.1, 0.15) is 65.3 Å². The van der Waals surface area contributed by atoms with Gasteiger partial charge in [-0.25, -0.2) is 4.39 Å². The van der Waals surface area contributed by atoms with Gasteiger partial charge in [-0.2, -0.15) is 0 Å². The highest BCUT2D eigenvalue weighted by Gasteiger charge is 2.29. The van der Waals surface area contributed by atoms with E-state index >= 15 is 0 Å². The Morgan fingerprint density at radius 2 is 2.12 bits per heavy atom. The van der Waals surface area contributed by atoms with E-state index in [2.05, 4.69) is 23.0 Å². The lowest BCUT2D eigenvalue weighted by atomic mass is 9.85. The van der Waals surface area contributed by atoms with Crippen molar-refractivity contribution in [2.75, 3.05) is 19.7 Å². The topological polar surface area (TPSA) is 71.3 Å². The molecule has 1 aromatic heterocycles. The summed E-state index contributed by atoms with van der Waals surface area (Å²) in [5.74, 6) is -0.0985. The number of piperidine rings is 1. The van der Waals surface area contributed by atoms with Gasteiger partial charge in [-0.15, -0.1) is 0 Å². The summed E-state index contributed by atoms with van der Waals surface area (Å²) in [5.41, 5.74) is 10.6. The van der Waals surface area contributed by atoms with Crippen molar-refractivity contribution in [3.05, 3.63) is 70.7 Å². The number of H-pyrrole nitrogens is 1. The number of carbonyl (C=O) groups is 1. The van der Waals surface area contributed by atoms with Gasteiger partial charge < -0.3 is 20.4 Å². The number of benzene rings is 2. The van der Waals surface area contributed by atoms with Gasteiger partial charge >= 0.3 is 0 Å². The molecule has 5 rings (SSSR count). The first-order valence-corrected chi connectivity index (χ1v) is 11.5. The molecule has 3 N–H and O–H groups in total. The zero-order valence-corrected chi connectivity index (χ0v) is 18.4. The molecule has 2 aliphatic heterocycles. The van der Waals surface area contributed by atoms with Gasteiger partial charge in [-0.05, 0) is 92.1 Å². The van der Waals surface area contributed by atoms with Crippen molar-refractivity contribution < 1.29 is 13.9 Å². The number of ether oxygens (including phenoxy) is 1. The molecule has 32 heavy (non-hydrogen) atoms. The van der Waals surface area contributed by atoms with Crippen LogP contribution in [0.5, 0.6) is 0 Å². The first kappa shape index (κ1) is 21.2. The highest BCUT2D eigenvalue weighted by Crippen LogP contribution is 2.37. The zero-order chi connectivity index (χ0) is 22.2. The quantitative estimate of drug-likeness (QED) is 0.611. The SMILES string of the molecule is C[C@H]1C[C@H](c2c[nH]c3cc(F)ccc23)CCN1CCC1OCCc2cc(C(N)=O)ccc21. The number of nitrogens with one attached hydrogen (secondary N) is 1. The third-order valence-corrected chi connectivity index (χ3v) is 7.27. The summed E-state index contributed by atoms with van der Waals surface area (Å²) in [5, 5.41) is 1.14. The summed E-state index contributed by atoms with van der Waals surface area (Å²) in [7, 11) is 0. The van der Waals surface area contributed by atoms with E-state index in [1.54, 1.807) is 12.1 Å². The molecule has 0 bridgehead atoms. The third-order valence-electron chi connectivity index (χ3n) is 7.27. The van der Waals surface area contributed by atoms with Gasteiger partial charge in [-0.3, -0.25) is 4.79 Å². The molecule has 2 aliphatic rings. The Hall–Kier alpha value is -2.70. The molecule has 1 unspecified atom stereocenters. The van der Waals surface area contributed by atoms with E-state index in [0.717, 1.165) is 49.7 Å². The Balaban J connectivity index is 1.22. The number of aromatic nitrogens is 1. The van der Waals surface area contributed by atoms with Gasteiger partial charge in [0.05, 0.1) is 12.7 Å². The lowest BCUT2D eigenvalue weighted by molar-refractivity contribution is 0.0226. The summed E-state index contributed by atoms with van der Waals surface area (Å²) in [6, 6.07) is 11.2. The van der Waals surface area contributed by atoms with E-state index in [4.69, 9.17) is 10.5 Å². The Bertz CT molecular complexity index is 1140. The summed E-state index contributed by atoms with van der Waals surface area (Å²) >= 11 is 0. The minimum Gasteiger partial charge on any atom is -0.373 e. The maximum atomic E-state index is 13.5. The molecule has 3 heterocycles. The van der Waals surface area contributed by atoms with Gasteiger partial charge in [0.25, 0.3) is 0 Å². The summed E-state index contributed by atoms with van der Waals surface area (Å²) < 4.78 is 19.6. The highest BCUT2D eigenvalue weighted by atomic mass is 19.1. The predicted molar refractivity (Wildman–Crippen MR) is 123 cm³/mol. The average Bonchev–Trinajstić information content (AvgIpc) is 3.20. The van der Waals surface area contributed by atoms with Crippen LogP contribution in [0.25, 0.3) is 10.9 Å². The Kier molecular flexibility index (Phi) is 5.74. The number of carbonyl (C=O) groups excluding carboxylic acids is 1. The molecule has 1 saturated heterocycles. The highest BCUT2D eigenvalue weighted by molar-refractivity contribution is 5.93. The molecular formula is C26H30FN3O2. The number of hydrogen-bond acceptors (Lipinski definition) is 3. The van der Waals surface area contributed by atoms with Crippen LogP contribution in [0.4, 0.5) is 4.39 Å². The number of rotatable bonds is 5. The molecule has 0 spiro atoms. The van der Waals surface area contributed by atoms with Crippen molar-refractivity contribution in [2.45, 2.75) is 50.7 Å². The van der Waals surface area contributed by atoms with E-state index in [0.29, 0.717) is 24.1 Å². The smallest absolute Gasteiger partial charge is 0.248 e. The molecule has 3 atom stereocenters. The van der Waals surface area contributed by atoms with Crippen molar-refractivity contribution in [1.82, 2.24) is 9.88 Å². The summed E-state index contributed by atoms with van der Waals surface area (Å²) in [4.78, 5) is 17.3. The van der Waals surface area contributed by atoms with Crippen molar-refractivity contribution in [2.24, 2.45) is 5.73 Å². The van der Waals surface area contributed by atoms with Crippen LogP contribution < -0.4 is 5.73 Å². The van der Waals surface area contributed by atoms with E-state index < -0.39 is 0 Å². The maximum absolute atomic E-state index is 13.5. The molecule has 0 saturated carbocycles. The molecule has 2 aromatic carbocycles. The van der Waals surface area contributed by atoms with Gasteiger partial charge in [0.2, 0.25) is 5.91 Å². The van der Waals surface area contributed by atoms with Crippen molar-refractivity contribution in [3.63, 3.8) is 0 Å². The number of amides is 1. The molecular weight excluding hydrogens is 405 g/mol. The number of fused-ring (bicyclic) bond motifs is 2. The minimum absolute atomic E-state index is 0.0640. The van der Waals surface area contributed by atoms with E-state index in [1.807, 2.05) is 24.3 Å². The van der Waals surface area contributed by atoms with Crippen LogP contribution in [-0.2, 0) is 11.2 Å². The molecule has 0 radical (unpaired) electrons. The fourth-order valence-electron chi connectivity index (χ4n) is 5.51. The molecule has 5 nitrogen and oxygen atoms in total. The predicted octanol–water partition coefficient (Wildman–Crippen LogP) is 4.68. The lowest BCUT2D eigenvalue weighted by Gasteiger charge is -2.39. The van der Waals surface area contributed by atoms with Crippen LogP contribution in [0.3, 0.4) is 0 Å². The van der Waals surface area contributed by atoms with E-state index in [-0.39, 0.29) is 17.8 Å². The van der Waals surface area contributed by atoms with Crippen molar-refractivity contribution in [3.8, 4) is 0 Å². The van der Waals surface area contributed by atoms with Crippen molar-refractivity contribution in [1.29, 1.82) is 0 Å². The molecule has 1 amide bonds. The first-order valence-electron chi connectivity index (χ1n) is 11.5. The summed E-state index contributed by atoms with van der Waals surface area (Å²) in [6.45, 7) is 5.00. The second kappa shape index (κ2) is 8.68.